The van der Waals surface area contributed by atoms with Crippen molar-refractivity contribution >= 4 is 6.03 Å². The van der Waals surface area contributed by atoms with E-state index in [1.165, 1.54) is 12.1 Å². The second-order valence-electron chi connectivity index (χ2n) is 5.81. The Labute approximate surface area is 135 Å². The van der Waals surface area contributed by atoms with Crippen molar-refractivity contribution in [2.24, 2.45) is 5.92 Å². The maximum Gasteiger partial charge on any atom is 0.387 e. The van der Waals surface area contributed by atoms with Crippen LogP contribution in [0.25, 0.3) is 0 Å². The quantitative estimate of drug-likeness (QED) is 0.686. The molecule has 0 aromatic heterocycles. The molecule has 0 aliphatic carbocycles. The zero-order valence-corrected chi connectivity index (χ0v) is 13.6. The number of halogens is 2. The minimum atomic E-state index is -2.89. The highest BCUT2D eigenvalue weighted by atomic mass is 19.3. The van der Waals surface area contributed by atoms with Gasteiger partial charge in [-0.1, -0.05) is 26.0 Å². The van der Waals surface area contributed by atoms with Gasteiger partial charge in [-0.3, -0.25) is 0 Å². The monoisotopic (exact) mass is 330 g/mol. The van der Waals surface area contributed by atoms with Crippen LogP contribution in [0.1, 0.15) is 38.8 Å². The number of carbonyl (C=O) groups excluding carboxylic acids is 1. The summed E-state index contributed by atoms with van der Waals surface area (Å²) in [4.78, 5) is 11.8. The molecule has 0 heterocycles. The van der Waals surface area contributed by atoms with Crippen LogP contribution >= 0.6 is 0 Å². The van der Waals surface area contributed by atoms with E-state index < -0.39 is 24.8 Å². The largest absolute Gasteiger partial charge is 0.435 e. The van der Waals surface area contributed by atoms with E-state index in [9.17, 15) is 18.7 Å². The van der Waals surface area contributed by atoms with E-state index in [-0.39, 0.29) is 12.3 Å². The SMILES string of the molecule is CC(C)CC(O)CNC(=O)NC(C)c1cccc(OC(F)F)c1. The van der Waals surface area contributed by atoms with Crippen molar-refractivity contribution in [3.05, 3.63) is 29.8 Å². The van der Waals surface area contributed by atoms with Crippen LogP contribution in [-0.4, -0.2) is 30.4 Å². The zero-order valence-electron chi connectivity index (χ0n) is 13.6. The van der Waals surface area contributed by atoms with Crippen LogP contribution < -0.4 is 15.4 Å². The van der Waals surface area contributed by atoms with E-state index in [0.29, 0.717) is 17.9 Å². The molecule has 0 radical (unpaired) electrons. The highest BCUT2D eigenvalue weighted by Crippen LogP contribution is 2.20. The van der Waals surface area contributed by atoms with Crippen LogP contribution in [0.15, 0.2) is 24.3 Å². The van der Waals surface area contributed by atoms with Gasteiger partial charge < -0.3 is 20.5 Å². The van der Waals surface area contributed by atoms with Gasteiger partial charge in [0, 0.05) is 6.54 Å². The molecule has 1 rings (SSSR count). The third-order valence-electron chi connectivity index (χ3n) is 3.17. The molecule has 0 aliphatic heterocycles. The highest BCUT2D eigenvalue weighted by Gasteiger charge is 2.13. The molecule has 1 aromatic carbocycles. The Morgan fingerprint density at radius 3 is 2.61 bits per heavy atom. The van der Waals surface area contributed by atoms with Crippen molar-refractivity contribution < 1.29 is 23.4 Å². The number of benzene rings is 1. The molecule has 2 amide bonds. The fourth-order valence-corrected chi connectivity index (χ4v) is 2.13. The maximum absolute atomic E-state index is 12.2. The first-order valence-corrected chi connectivity index (χ1v) is 7.55. The molecule has 2 unspecified atom stereocenters. The van der Waals surface area contributed by atoms with E-state index in [2.05, 4.69) is 15.4 Å². The lowest BCUT2D eigenvalue weighted by Crippen LogP contribution is -2.41. The van der Waals surface area contributed by atoms with Gasteiger partial charge in [0.15, 0.2) is 0 Å². The molecule has 0 fully saturated rings. The van der Waals surface area contributed by atoms with Crippen molar-refractivity contribution in [1.82, 2.24) is 10.6 Å². The first-order chi connectivity index (χ1) is 10.8. The number of nitrogens with one attached hydrogen (secondary N) is 2. The molecular weight excluding hydrogens is 306 g/mol. The fourth-order valence-electron chi connectivity index (χ4n) is 2.13. The summed E-state index contributed by atoms with van der Waals surface area (Å²) < 4.78 is 28.7. The first-order valence-electron chi connectivity index (χ1n) is 7.55. The number of aliphatic hydroxyl groups is 1. The summed E-state index contributed by atoms with van der Waals surface area (Å²) in [6, 6.07) is 5.33. The molecule has 3 N–H and O–H groups in total. The first kappa shape index (κ1) is 19.2. The smallest absolute Gasteiger partial charge is 0.387 e. The number of amides is 2. The van der Waals surface area contributed by atoms with E-state index in [4.69, 9.17) is 0 Å². The third kappa shape index (κ3) is 7.78. The summed E-state index contributed by atoms with van der Waals surface area (Å²) in [5, 5.41) is 15.0. The third-order valence-corrected chi connectivity index (χ3v) is 3.17. The van der Waals surface area contributed by atoms with Crippen molar-refractivity contribution in [2.45, 2.75) is 45.9 Å². The summed E-state index contributed by atoms with van der Waals surface area (Å²) in [6.45, 7) is 2.97. The number of alkyl halides is 2. The van der Waals surface area contributed by atoms with Crippen molar-refractivity contribution in [1.29, 1.82) is 0 Å². The summed E-state index contributed by atoms with van der Waals surface area (Å²) in [7, 11) is 0. The zero-order chi connectivity index (χ0) is 17.4. The molecule has 2 atom stereocenters. The van der Waals surface area contributed by atoms with E-state index in [1.807, 2.05) is 13.8 Å². The van der Waals surface area contributed by atoms with E-state index in [0.717, 1.165) is 0 Å². The Morgan fingerprint density at radius 2 is 2.00 bits per heavy atom. The predicted molar refractivity (Wildman–Crippen MR) is 83.5 cm³/mol. The molecular formula is C16H24F2N2O3. The van der Waals surface area contributed by atoms with Crippen LogP contribution in [-0.2, 0) is 0 Å². The topological polar surface area (TPSA) is 70.6 Å². The van der Waals surface area contributed by atoms with Gasteiger partial charge in [-0.15, -0.1) is 0 Å². The van der Waals surface area contributed by atoms with Gasteiger partial charge in [-0.25, -0.2) is 4.79 Å². The molecule has 0 saturated heterocycles. The van der Waals surface area contributed by atoms with E-state index in [1.54, 1.807) is 19.1 Å². The number of carbonyl (C=O) groups is 1. The average Bonchev–Trinajstić information content (AvgIpc) is 2.44. The predicted octanol–water partition coefficient (Wildman–Crippen LogP) is 3.06. The number of hydrogen-bond acceptors (Lipinski definition) is 3. The van der Waals surface area contributed by atoms with Crippen LogP contribution in [0, 0.1) is 5.92 Å². The van der Waals surface area contributed by atoms with Crippen LogP contribution in [0.4, 0.5) is 13.6 Å². The number of urea groups is 1. The lowest BCUT2D eigenvalue weighted by molar-refractivity contribution is -0.0499. The molecule has 5 nitrogen and oxygen atoms in total. The number of ether oxygens (including phenoxy) is 1. The van der Waals surface area contributed by atoms with Crippen molar-refractivity contribution in [3.8, 4) is 5.75 Å². The Hall–Kier alpha value is -1.89. The number of hydrogen-bond donors (Lipinski definition) is 3. The van der Waals surface area contributed by atoms with Crippen LogP contribution in [0.3, 0.4) is 0 Å². The highest BCUT2D eigenvalue weighted by molar-refractivity contribution is 5.74. The molecule has 0 aliphatic rings. The van der Waals surface area contributed by atoms with Crippen LogP contribution in [0.2, 0.25) is 0 Å². The van der Waals surface area contributed by atoms with Gasteiger partial charge in [0.25, 0.3) is 0 Å². The molecule has 0 spiro atoms. The molecule has 7 heteroatoms. The molecule has 1 aromatic rings. The minimum Gasteiger partial charge on any atom is -0.435 e. The maximum atomic E-state index is 12.2. The molecule has 0 saturated carbocycles. The Morgan fingerprint density at radius 1 is 1.30 bits per heavy atom. The minimum absolute atomic E-state index is 0.0407. The fraction of sp³-hybridized carbons (Fsp3) is 0.562. The lowest BCUT2D eigenvalue weighted by Gasteiger charge is -2.18. The summed E-state index contributed by atoms with van der Waals surface area (Å²) >= 11 is 0. The van der Waals surface area contributed by atoms with E-state index >= 15 is 0 Å². The van der Waals surface area contributed by atoms with Crippen molar-refractivity contribution in [2.75, 3.05) is 6.54 Å². The van der Waals surface area contributed by atoms with Crippen LogP contribution in [0.5, 0.6) is 5.75 Å². The Bertz CT molecular complexity index is 498. The normalized spacial score (nSPS) is 13.7. The second kappa shape index (κ2) is 9.29. The van der Waals surface area contributed by atoms with Gasteiger partial charge in [0.05, 0.1) is 12.1 Å². The second-order valence-corrected chi connectivity index (χ2v) is 5.81. The lowest BCUT2D eigenvalue weighted by atomic mass is 10.1. The number of aliphatic hydroxyl groups excluding tert-OH is 1. The summed E-state index contributed by atoms with van der Waals surface area (Å²) in [6.07, 6.45) is 0.00174. The van der Waals surface area contributed by atoms with Gasteiger partial charge in [0.1, 0.15) is 5.75 Å². The summed E-state index contributed by atoms with van der Waals surface area (Å²) in [5.74, 6) is 0.380. The number of rotatable bonds is 8. The van der Waals surface area contributed by atoms with Gasteiger partial charge >= 0.3 is 12.6 Å². The average molecular weight is 330 g/mol. The van der Waals surface area contributed by atoms with Crippen molar-refractivity contribution in [3.63, 3.8) is 0 Å². The molecule has 130 valence electrons. The van der Waals surface area contributed by atoms with Gasteiger partial charge in [-0.05, 0) is 37.0 Å². The Kier molecular flexibility index (Phi) is 7.74. The Balaban J connectivity index is 2.48. The molecule has 23 heavy (non-hydrogen) atoms. The standard InChI is InChI=1S/C16H24F2N2O3/c1-10(2)7-13(21)9-19-16(22)20-11(3)12-5-4-6-14(8-12)23-15(17)18/h4-6,8,10-11,13,15,21H,7,9H2,1-3H3,(H2,19,20,22). The molecule has 0 bridgehead atoms. The summed E-state index contributed by atoms with van der Waals surface area (Å²) in [5.41, 5.74) is 0.640. The van der Waals surface area contributed by atoms with Gasteiger partial charge in [-0.2, -0.15) is 8.78 Å². The van der Waals surface area contributed by atoms with Gasteiger partial charge in [0.2, 0.25) is 0 Å².